The van der Waals surface area contributed by atoms with Crippen molar-refractivity contribution in [2.75, 3.05) is 39.5 Å². The molecule has 2 rings (SSSR count). The molecule has 0 aliphatic carbocycles. The lowest BCUT2D eigenvalue weighted by molar-refractivity contribution is -0.135. The largest absolute Gasteiger partial charge is 0.482 e. The molecule has 1 heterocycles. The number of carbonyl (C=O) groups is 1. The summed E-state index contributed by atoms with van der Waals surface area (Å²) in [5, 5.41) is 0. The Morgan fingerprint density at radius 1 is 1.50 bits per heavy atom. The maximum absolute atomic E-state index is 12.2. The fraction of sp³-hybridized carbons (Fsp3) is 0.533. The number of para-hydroxylation sites is 2. The number of nitrogens with zero attached hydrogens (tertiary/aromatic N) is 2. The number of hydrogen-bond acceptors (Lipinski definition) is 4. The summed E-state index contributed by atoms with van der Waals surface area (Å²) in [6.45, 7) is 2.07. The fourth-order valence-electron chi connectivity index (χ4n) is 2.51. The summed E-state index contributed by atoms with van der Waals surface area (Å²) in [4.78, 5) is 16.2. The maximum atomic E-state index is 12.2. The predicted molar refractivity (Wildman–Crippen MR) is 79.6 cm³/mol. The van der Waals surface area contributed by atoms with Crippen LogP contribution in [0.3, 0.4) is 0 Å². The van der Waals surface area contributed by atoms with E-state index in [1.807, 2.05) is 19.2 Å². The molecule has 2 N–H and O–H groups in total. The van der Waals surface area contributed by atoms with Gasteiger partial charge in [-0.2, -0.15) is 0 Å². The second-order valence-electron chi connectivity index (χ2n) is 5.39. The topological polar surface area (TPSA) is 58.8 Å². The summed E-state index contributed by atoms with van der Waals surface area (Å²) in [5.41, 5.74) is 6.34. The number of piperidine rings is 1. The maximum Gasteiger partial charge on any atom is 0.260 e. The number of likely N-dealkylation sites (tertiary alicyclic amines) is 1. The van der Waals surface area contributed by atoms with Crippen LogP contribution in [-0.4, -0.2) is 55.5 Å². The Kier molecular flexibility index (Phi) is 4.84. The predicted octanol–water partition coefficient (Wildman–Crippen LogP) is 1.20. The van der Waals surface area contributed by atoms with Gasteiger partial charge in [0, 0.05) is 19.6 Å². The molecule has 0 bridgehead atoms. The zero-order valence-electron chi connectivity index (χ0n) is 12.2. The van der Waals surface area contributed by atoms with Gasteiger partial charge in [-0.25, -0.2) is 0 Å². The van der Waals surface area contributed by atoms with Gasteiger partial charge < -0.3 is 20.3 Å². The molecule has 5 heteroatoms. The molecular formula is C15H23N3O2. The smallest absolute Gasteiger partial charge is 0.260 e. The van der Waals surface area contributed by atoms with Crippen molar-refractivity contribution in [3.63, 3.8) is 0 Å². The van der Waals surface area contributed by atoms with Crippen molar-refractivity contribution in [2.24, 2.45) is 0 Å². The Morgan fingerprint density at radius 3 is 2.95 bits per heavy atom. The average Bonchev–Trinajstić information content (AvgIpc) is 2.45. The SMILES string of the molecule is CN1CCCC(N(C)C(=O)COc2ccccc2N)C1. The highest BCUT2D eigenvalue weighted by Crippen LogP contribution is 2.20. The van der Waals surface area contributed by atoms with Crippen LogP contribution in [0, 0.1) is 0 Å². The van der Waals surface area contributed by atoms with Crippen LogP contribution in [0.25, 0.3) is 0 Å². The molecule has 1 atom stereocenters. The van der Waals surface area contributed by atoms with Gasteiger partial charge in [0.25, 0.3) is 5.91 Å². The van der Waals surface area contributed by atoms with Crippen molar-refractivity contribution in [2.45, 2.75) is 18.9 Å². The monoisotopic (exact) mass is 277 g/mol. The van der Waals surface area contributed by atoms with Crippen LogP contribution in [0.4, 0.5) is 5.69 Å². The van der Waals surface area contributed by atoms with Crippen LogP contribution in [0.5, 0.6) is 5.75 Å². The third-order valence-electron chi connectivity index (χ3n) is 3.81. The van der Waals surface area contributed by atoms with Gasteiger partial charge in [0.05, 0.1) is 5.69 Å². The summed E-state index contributed by atoms with van der Waals surface area (Å²) < 4.78 is 5.51. The summed E-state index contributed by atoms with van der Waals surface area (Å²) in [7, 11) is 3.94. The average molecular weight is 277 g/mol. The summed E-state index contributed by atoms with van der Waals surface area (Å²) in [5.74, 6) is 0.559. The summed E-state index contributed by atoms with van der Waals surface area (Å²) in [6.07, 6.45) is 2.19. The Labute approximate surface area is 120 Å². The van der Waals surface area contributed by atoms with Crippen LogP contribution in [0.1, 0.15) is 12.8 Å². The van der Waals surface area contributed by atoms with E-state index in [9.17, 15) is 4.79 Å². The Hall–Kier alpha value is -1.75. The normalized spacial score (nSPS) is 19.6. The fourth-order valence-corrected chi connectivity index (χ4v) is 2.51. The number of carbonyl (C=O) groups excluding carboxylic acids is 1. The molecular weight excluding hydrogens is 254 g/mol. The Bertz CT molecular complexity index is 464. The van der Waals surface area contributed by atoms with Crippen LogP contribution < -0.4 is 10.5 Å². The van der Waals surface area contributed by atoms with Gasteiger partial charge in [-0.3, -0.25) is 4.79 Å². The highest BCUT2D eigenvalue weighted by molar-refractivity contribution is 5.78. The number of rotatable bonds is 4. The lowest BCUT2D eigenvalue weighted by atomic mass is 10.1. The van der Waals surface area contributed by atoms with Gasteiger partial charge >= 0.3 is 0 Å². The minimum absolute atomic E-state index is 0.00597. The van der Waals surface area contributed by atoms with Crippen molar-refractivity contribution in [1.29, 1.82) is 0 Å². The van der Waals surface area contributed by atoms with E-state index in [4.69, 9.17) is 10.5 Å². The van der Waals surface area contributed by atoms with Gasteiger partial charge in [-0.1, -0.05) is 12.1 Å². The first-order chi connectivity index (χ1) is 9.58. The minimum Gasteiger partial charge on any atom is -0.482 e. The molecule has 5 nitrogen and oxygen atoms in total. The van der Waals surface area contributed by atoms with Gasteiger partial charge in [0.2, 0.25) is 0 Å². The van der Waals surface area contributed by atoms with Crippen molar-refractivity contribution in [3.05, 3.63) is 24.3 Å². The standard InChI is InChI=1S/C15H23N3O2/c1-17-9-5-6-12(10-17)18(2)15(19)11-20-14-8-4-3-7-13(14)16/h3-4,7-8,12H,5-6,9-11,16H2,1-2H3. The number of likely N-dealkylation sites (N-methyl/N-ethyl adjacent to an activating group) is 2. The minimum atomic E-state index is -0.00597. The van der Waals surface area contributed by atoms with Crippen molar-refractivity contribution in [1.82, 2.24) is 9.80 Å². The third kappa shape index (κ3) is 3.63. The molecule has 0 radical (unpaired) electrons. The van der Waals surface area contributed by atoms with Gasteiger partial charge in [0.15, 0.2) is 6.61 Å². The Balaban J connectivity index is 1.86. The van der Waals surface area contributed by atoms with Gasteiger partial charge in [-0.05, 0) is 38.6 Å². The molecule has 1 fully saturated rings. The van der Waals surface area contributed by atoms with Crippen molar-refractivity contribution >= 4 is 11.6 Å². The van der Waals surface area contributed by atoms with Crippen LogP contribution in [0.15, 0.2) is 24.3 Å². The molecule has 0 aromatic heterocycles. The number of anilines is 1. The molecule has 20 heavy (non-hydrogen) atoms. The van der Waals surface area contributed by atoms with E-state index >= 15 is 0 Å². The first-order valence-corrected chi connectivity index (χ1v) is 6.99. The van der Waals surface area contributed by atoms with E-state index < -0.39 is 0 Å². The molecule has 1 aliphatic rings. The molecule has 0 spiro atoms. The van der Waals surface area contributed by atoms with E-state index in [0.717, 1.165) is 25.9 Å². The summed E-state index contributed by atoms with van der Waals surface area (Å²) in [6, 6.07) is 7.50. The second-order valence-corrected chi connectivity index (χ2v) is 5.39. The first kappa shape index (κ1) is 14.7. The number of hydrogen-bond donors (Lipinski definition) is 1. The van der Waals surface area contributed by atoms with E-state index in [1.54, 1.807) is 17.0 Å². The summed E-state index contributed by atoms with van der Waals surface area (Å²) >= 11 is 0. The quantitative estimate of drug-likeness (QED) is 0.840. The lowest BCUT2D eigenvalue weighted by Gasteiger charge is -2.35. The molecule has 1 aliphatic heterocycles. The number of benzene rings is 1. The Morgan fingerprint density at radius 2 is 2.25 bits per heavy atom. The molecule has 1 saturated heterocycles. The van der Waals surface area contributed by atoms with Crippen LogP contribution >= 0.6 is 0 Å². The first-order valence-electron chi connectivity index (χ1n) is 6.99. The van der Waals surface area contributed by atoms with Crippen molar-refractivity contribution < 1.29 is 9.53 Å². The molecule has 1 aromatic carbocycles. The second kappa shape index (κ2) is 6.61. The van der Waals surface area contributed by atoms with Crippen LogP contribution in [0.2, 0.25) is 0 Å². The van der Waals surface area contributed by atoms with Gasteiger partial charge in [0.1, 0.15) is 5.75 Å². The molecule has 1 aromatic rings. The van der Waals surface area contributed by atoms with Gasteiger partial charge in [-0.15, -0.1) is 0 Å². The van der Waals surface area contributed by atoms with E-state index in [-0.39, 0.29) is 18.6 Å². The van der Waals surface area contributed by atoms with Crippen LogP contribution in [-0.2, 0) is 4.79 Å². The van der Waals surface area contributed by atoms with E-state index in [1.165, 1.54) is 0 Å². The highest BCUT2D eigenvalue weighted by atomic mass is 16.5. The molecule has 1 unspecified atom stereocenters. The van der Waals surface area contributed by atoms with Crippen molar-refractivity contribution in [3.8, 4) is 5.75 Å². The lowest BCUT2D eigenvalue weighted by Crippen LogP contribution is -2.48. The number of amides is 1. The number of nitrogen functional groups attached to an aromatic ring is 1. The zero-order valence-corrected chi connectivity index (χ0v) is 12.2. The number of ether oxygens (including phenoxy) is 1. The molecule has 110 valence electrons. The third-order valence-corrected chi connectivity index (χ3v) is 3.81. The molecule has 0 saturated carbocycles. The molecule has 1 amide bonds. The number of nitrogens with two attached hydrogens (primary N) is 1. The van der Waals surface area contributed by atoms with E-state index in [2.05, 4.69) is 11.9 Å². The van der Waals surface area contributed by atoms with E-state index in [0.29, 0.717) is 11.4 Å². The highest BCUT2D eigenvalue weighted by Gasteiger charge is 2.24. The zero-order chi connectivity index (χ0) is 14.5.